The third-order valence-corrected chi connectivity index (χ3v) is 0. The van der Waals surface area contributed by atoms with Gasteiger partial charge in [-0.2, -0.15) is 0 Å². The zero-order valence-corrected chi connectivity index (χ0v) is 15.7. The average Bonchev–Trinajstić information content (AvgIpc) is 1.12. The van der Waals surface area contributed by atoms with E-state index in [1.807, 2.05) is 0 Å². The van der Waals surface area contributed by atoms with Crippen LogP contribution in [0.4, 0.5) is 0 Å². The van der Waals surface area contributed by atoms with Gasteiger partial charge < -0.3 is 62.0 Å². The van der Waals surface area contributed by atoms with Gasteiger partial charge in [0.25, 0.3) is 0 Å². The van der Waals surface area contributed by atoms with Gasteiger partial charge in [-0.3, -0.25) is 16.8 Å². The fraction of sp³-hybridized carbons (Fsp3) is 0. The minimum Gasteiger partial charge on any atom is -0.759 e. The molecule has 0 unspecified atom stereocenters. The van der Waals surface area contributed by atoms with Gasteiger partial charge in [-0.05, 0) is 0 Å². The van der Waals surface area contributed by atoms with Crippen LogP contribution in [0.5, 0.6) is 0 Å². The molecule has 0 aliphatic carbocycles. The Bertz CT molecular complexity index is 218. The van der Waals surface area contributed by atoms with Crippen LogP contribution in [-0.4, -0.2) is 78.9 Å². The summed E-state index contributed by atoms with van der Waals surface area (Å²) in [4.78, 5) is 0. The predicted octanol–water partition coefficient (Wildman–Crippen LogP) is -9.27. The van der Waals surface area contributed by atoms with E-state index in [2.05, 4.69) is 0 Å². The molecule has 0 amide bonds. The molecule has 161 valence electrons. The van der Waals surface area contributed by atoms with Crippen molar-refractivity contribution in [1.29, 1.82) is 0 Å². The standard InChI is InChI=1S/2H2O4S.8H2O.3Yb/c2*1-5(2,3)4;;;;;;;;;;;/h2*(H2,1,2,3,4);8*1H2;;;/q;;;;;;;;;;3*+3/p-4. The Morgan fingerprint density at radius 3 is 0.381 bits per heavy atom. The molecule has 0 aromatic carbocycles. The van der Waals surface area contributed by atoms with Crippen molar-refractivity contribution in [2.45, 2.75) is 0 Å². The molecule has 21 heavy (non-hydrogen) atoms. The summed E-state index contributed by atoms with van der Waals surface area (Å²) in [5.74, 6) is 0. The summed E-state index contributed by atoms with van der Waals surface area (Å²) in [6.07, 6.45) is 0. The molecular weight excluding hydrogens is 839 g/mol. The van der Waals surface area contributed by atoms with Gasteiger partial charge >= 0.3 is 141 Å². The van der Waals surface area contributed by atoms with Crippen molar-refractivity contribution >= 4 is 20.8 Å². The molecule has 0 saturated heterocycles. The zero-order valence-electron chi connectivity index (χ0n) is 8.88. The second kappa shape index (κ2) is 49.6. The molecule has 0 aliphatic heterocycles. The minimum absolute atomic E-state index is 0. The number of hydrogen-bond donors (Lipinski definition) is 0. The van der Waals surface area contributed by atoms with Crippen molar-refractivity contribution in [2.75, 3.05) is 0 Å². The van der Waals surface area contributed by atoms with Crippen LogP contribution in [0.1, 0.15) is 0 Å². The molecule has 0 fully saturated rings. The fourth-order valence-corrected chi connectivity index (χ4v) is 0. The molecule has 0 bridgehead atoms. The molecule has 16 N–H and O–H groups in total. The van der Waals surface area contributed by atoms with E-state index in [0.29, 0.717) is 0 Å². The first-order valence-electron chi connectivity index (χ1n) is 1.33. The SMILES string of the molecule is O.O.O.O.O.O.O.O.O=S(=O)([O-])[O-].O=S(=O)([O-])[O-].[Yb+3].[Yb+3].[Yb+3]. The maximum Gasteiger partial charge on any atom is 3.00 e. The smallest absolute Gasteiger partial charge is 0.759 e. The second-order valence-electron chi connectivity index (χ2n) is 0.816. The van der Waals surface area contributed by atoms with Crippen LogP contribution < -0.4 is 0 Å². The summed E-state index contributed by atoms with van der Waals surface area (Å²) in [6, 6.07) is 0. The van der Waals surface area contributed by atoms with Crippen LogP contribution in [0.25, 0.3) is 0 Å². The molecule has 0 aliphatic rings. The molecule has 0 atom stereocenters. The third kappa shape index (κ3) is 732. The summed E-state index contributed by atoms with van der Waals surface area (Å²) < 4.78 is 68.2. The summed E-state index contributed by atoms with van der Waals surface area (Å²) in [5.41, 5.74) is 0. The van der Waals surface area contributed by atoms with Crippen molar-refractivity contribution in [3.63, 3.8) is 0 Å². The van der Waals surface area contributed by atoms with E-state index in [1.54, 1.807) is 0 Å². The maximum absolute atomic E-state index is 8.52. The van der Waals surface area contributed by atoms with Crippen LogP contribution in [0.2, 0.25) is 0 Å². The summed E-state index contributed by atoms with van der Waals surface area (Å²) >= 11 is 0. The largest absolute Gasteiger partial charge is 3.00 e. The first-order chi connectivity index (χ1) is 4.00. The van der Waals surface area contributed by atoms with Crippen molar-refractivity contribution in [1.82, 2.24) is 0 Å². The van der Waals surface area contributed by atoms with Crippen LogP contribution in [0.3, 0.4) is 0 Å². The third-order valence-electron chi connectivity index (χ3n) is 0. The average molecular weight is 855 g/mol. The molecule has 0 heterocycles. The summed E-state index contributed by atoms with van der Waals surface area (Å²) in [5, 5.41) is 0. The Kier molecular flexibility index (Phi) is 236. The van der Waals surface area contributed by atoms with E-state index in [0.717, 1.165) is 0 Å². The van der Waals surface area contributed by atoms with Crippen LogP contribution in [0.15, 0.2) is 0 Å². The molecule has 0 aromatic heterocycles. The molecule has 16 nitrogen and oxygen atoms in total. The normalized spacial score (nSPS) is 5.52. The van der Waals surface area contributed by atoms with Gasteiger partial charge in [-0.1, -0.05) is 0 Å². The van der Waals surface area contributed by atoms with Gasteiger partial charge in [-0.15, -0.1) is 0 Å². The molecule has 0 spiro atoms. The molecule has 0 aromatic rings. The Balaban J connectivity index is -0.00000000364. The van der Waals surface area contributed by atoms with Crippen molar-refractivity contribution < 1.29 is 220 Å². The van der Waals surface area contributed by atoms with Gasteiger partial charge in [0.1, 0.15) is 0 Å². The second-order valence-corrected chi connectivity index (χ2v) is 2.45. The van der Waals surface area contributed by atoms with Gasteiger partial charge in [0, 0.05) is 20.8 Å². The van der Waals surface area contributed by atoms with E-state index in [4.69, 9.17) is 35.0 Å². The predicted molar refractivity (Wildman–Crippen MR) is 49.9 cm³/mol. The Morgan fingerprint density at radius 2 is 0.381 bits per heavy atom. The maximum atomic E-state index is 8.52. The van der Waals surface area contributed by atoms with Gasteiger partial charge in [0.15, 0.2) is 0 Å². The number of hydrogen-bond acceptors (Lipinski definition) is 8. The van der Waals surface area contributed by atoms with Crippen molar-refractivity contribution in [3.8, 4) is 0 Å². The van der Waals surface area contributed by atoms with E-state index in [-0.39, 0.29) is 185 Å². The Morgan fingerprint density at radius 1 is 0.381 bits per heavy atom. The van der Waals surface area contributed by atoms with Crippen LogP contribution >= 0.6 is 0 Å². The quantitative estimate of drug-likeness (QED) is 0.166. The van der Waals surface area contributed by atoms with Gasteiger partial charge in [-0.25, -0.2) is 0 Å². The van der Waals surface area contributed by atoms with Crippen molar-refractivity contribution in [3.05, 3.63) is 0 Å². The van der Waals surface area contributed by atoms with E-state index < -0.39 is 20.8 Å². The van der Waals surface area contributed by atoms with Crippen molar-refractivity contribution in [2.24, 2.45) is 0 Å². The summed E-state index contributed by atoms with van der Waals surface area (Å²) in [7, 11) is -10.3. The first kappa shape index (κ1) is 100. The molecule has 3 radical (unpaired) electrons. The monoisotopic (exact) mass is 858 g/mol. The van der Waals surface area contributed by atoms with E-state index in [1.165, 1.54) is 0 Å². The zero-order chi connectivity index (χ0) is 9.00. The molecule has 0 rings (SSSR count). The Labute approximate surface area is 235 Å². The fourth-order valence-electron chi connectivity index (χ4n) is 0. The van der Waals surface area contributed by atoms with Gasteiger partial charge in [0.05, 0.1) is 0 Å². The first-order valence-corrected chi connectivity index (χ1v) is 4.00. The summed E-state index contributed by atoms with van der Waals surface area (Å²) in [6.45, 7) is 0. The van der Waals surface area contributed by atoms with Crippen LogP contribution in [0, 0.1) is 141 Å². The van der Waals surface area contributed by atoms with E-state index in [9.17, 15) is 0 Å². The topological polar surface area (TPSA) is 413 Å². The molecule has 0 saturated carbocycles. The van der Waals surface area contributed by atoms with Gasteiger partial charge in [0.2, 0.25) is 0 Å². The minimum atomic E-state index is -5.17. The Hall–Kier alpha value is 3.98. The molecule has 21 heteroatoms. The van der Waals surface area contributed by atoms with Crippen LogP contribution in [-0.2, 0) is 20.8 Å². The van der Waals surface area contributed by atoms with E-state index >= 15 is 0 Å². The number of rotatable bonds is 0. The molecular formula is H16O16S2Yb3+5.